The van der Waals surface area contributed by atoms with E-state index in [1.165, 1.54) is 25.8 Å². The lowest BCUT2D eigenvalue weighted by atomic mass is 9.49. The molecule has 2 N–H and O–H groups in total. The van der Waals surface area contributed by atoms with Crippen molar-refractivity contribution in [3.63, 3.8) is 0 Å². The molecule has 0 radical (unpaired) electrons. The van der Waals surface area contributed by atoms with Crippen LogP contribution in [0.4, 0.5) is 0 Å². The summed E-state index contributed by atoms with van der Waals surface area (Å²) < 4.78 is 0. The molecule has 0 aromatic carbocycles. The molecule has 4 aliphatic carbocycles. The van der Waals surface area contributed by atoms with Crippen molar-refractivity contribution in [1.82, 2.24) is 10.6 Å². The lowest BCUT2D eigenvalue weighted by molar-refractivity contribution is -0.0511. The van der Waals surface area contributed by atoms with Gasteiger partial charge >= 0.3 is 0 Å². The number of likely N-dealkylation sites (N-methyl/N-ethyl adjacent to an activating group) is 1. The van der Waals surface area contributed by atoms with Gasteiger partial charge in [0.2, 0.25) is 0 Å². The average Bonchev–Trinajstić information content (AvgIpc) is 2.26. The van der Waals surface area contributed by atoms with E-state index in [-0.39, 0.29) is 0 Å². The Morgan fingerprint density at radius 2 is 1.41 bits per heavy atom. The summed E-state index contributed by atoms with van der Waals surface area (Å²) in [6.07, 6.45) is 9.30. The molecule has 0 unspecified atom stereocenters. The molecule has 0 aliphatic heterocycles. The van der Waals surface area contributed by atoms with Crippen LogP contribution in [-0.4, -0.2) is 26.2 Å². The molecule has 2 nitrogen and oxygen atoms in total. The van der Waals surface area contributed by atoms with Gasteiger partial charge in [-0.1, -0.05) is 6.92 Å². The molecular weight excluding hydrogens is 208 g/mol. The van der Waals surface area contributed by atoms with Gasteiger partial charge in [-0.2, -0.15) is 0 Å². The Kier molecular flexibility index (Phi) is 3.45. The first-order valence-corrected chi connectivity index (χ1v) is 7.71. The van der Waals surface area contributed by atoms with Gasteiger partial charge in [0, 0.05) is 19.6 Å². The van der Waals surface area contributed by atoms with E-state index in [0.29, 0.717) is 5.41 Å². The fourth-order valence-corrected chi connectivity index (χ4v) is 5.21. The fraction of sp³-hybridized carbons (Fsp3) is 1.00. The first-order valence-electron chi connectivity index (χ1n) is 7.71. The van der Waals surface area contributed by atoms with E-state index in [1.54, 1.807) is 19.3 Å². The molecular formula is C15H28N2. The summed E-state index contributed by atoms with van der Waals surface area (Å²) in [5.74, 6) is 3.28. The summed E-state index contributed by atoms with van der Waals surface area (Å²) in [7, 11) is 0. The largest absolute Gasteiger partial charge is 0.316 e. The van der Waals surface area contributed by atoms with Crippen LogP contribution in [0.15, 0.2) is 0 Å². The smallest absolute Gasteiger partial charge is 0.00769 e. The Balaban J connectivity index is 1.49. The summed E-state index contributed by atoms with van der Waals surface area (Å²) in [6, 6.07) is 0. The molecule has 2 heteroatoms. The van der Waals surface area contributed by atoms with Crippen molar-refractivity contribution in [2.45, 2.75) is 45.4 Å². The Morgan fingerprint density at radius 1 is 0.882 bits per heavy atom. The molecule has 4 fully saturated rings. The minimum Gasteiger partial charge on any atom is -0.316 e. The van der Waals surface area contributed by atoms with Crippen LogP contribution in [0.3, 0.4) is 0 Å². The third-order valence-electron chi connectivity index (χ3n) is 5.39. The van der Waals surface area contributed by atoms with Crippen molar-refractivity contribution in [2.75, 3.05) is 26.2 Å². The second-order valence-corrected chi connectivity index (χ2v) is 6.95. The van der Waals surface area contributed by atoms with Crippen LogP contribution in [0, 0.1) is 23.2 Å². The van der Waals surface area contributed by atoms with Crippen molar-refractivity contribution in [3.05, 3.63) is 0 Å². The van der Waals surface area contributed by atoms with Crippen LogP contribution < -0.4 is 10.6 Å². The molecule has 0 saturated heterocycles. The van der Waals surface area contributed by atoms with Crippen LogP contribution in [0.1, 0.15) is 45.4 Å². The topological polar surface area (TPSA) is 24.1 Å². The Morgan fingerprint density at radius 3 is 1.94 bits per heavy atom. The van der Waals surface area contributed by atoms with Crippen molar-refractivity contribution in [1.29, 1.82) is 0 Å². The SMILES string of the molecule is CCNCCNCC12CC3CC(CC(C3)C1)C2. The molecule has 98 valence electrons. The molecule has 4 rings (SSSR count). The predicted octanol–water partition coefficient (Wildman–Crippen LogP) is 2.40. The third-order valence-corrected chi connectivity index (χ3v) is 5.39. The lowest BCUT2D eigenvalue weighted by Crippen LogP contribution is -2.50. The van der Waals surface area contributed by atoms with Crippen LogP contribution in [0.5, 0.6) is 0 Å². The number of hydrogen-bond donors (Lipinski definition) is 2. The molecule has 0 atom stereocenters. The number of nitrogens with one attached hydrogen (secondary N) is 2. The minimum absolute atomic E-state index is 0.709. The molecule has 4 aliphatic rings. The predicted molar refractivity (Wildman–Crippen MR) is 72.0 cm³/mol. The van der Waals surface area contributed by atoms with Gasteiger partial charge in [0.25, 0.3) is 0 Å². The minimum atomic E-state index is 0.709. The van der Waals surface area contributed by atoms with E-state index in [4.69, 9.17) is 0 Å². The van der Waals surface area contributed by atoms with Crippen molar-refractivity contribution < 1.29 is 0 Å². The van der Waals surface area contributed by atoms with Crippen LogP contribution in [0.25, 0.3) is 0 Å². The monoisotopic (exact) mass is 236 g/mol. The summed E-state index contributed by atoms with van der Waals surface area (Å²) in [4.78, 5) is 0. The first kappa shape index (κ1) is 12.0. The molecule has 0 heterocycles. The zero-order valence-electron chi connectivity index (χ0n) is 11.3. The molecule has 0 amide bonds. The van der Waals surface area contributed by atoms with Gasteiger partial charge in [-0.25, -0.2) is 0 Å². The average molecular weight is 236 g/mol. The van der Waals surface area contributed by atoms with E-state index in [9.17, 15) is 0 Å². The lowest BCUT2D eigenvalue weighted by Gasteiger charge is -2.57. The van der Waals surface area contributed by atoms with E-state index in [2.05, 4.69) is 17.6 Å². The highest BCUT2D eigenvalue weighted by atomic mass is 14.9. The summed E-state index contributed by atoms with van der Waals surface area (Å²) in [5, 5.41) is 7.11. The van der Waals surface area contributed by atoms with Crippen LogP contribution >= 0.6 is 0 Å². The molecule has 4 saturated carbocycles. The Bertz CT molecular complexity index is 226. The molecule has 4 bridgehead atoms. The van der Waals surface area contributed by atoms with Gasteiger partial charge in [0.1, 0.15) is 0 Å². The van der Waals surface area contributed by atoms with Crippen LogP contribution in [0.2, 0.25) is 0 Å². The Labute approximate surface area is 106 Å². The zero-order valence-corrected chi connectivity index (χ0v) is 11.3. The number of rotatable bonds is 6. The van der Waals surface area contributed by atoms with E-state index in [0.717, 1.165) is 37.4 Å². The van der Waals surface area contributed by atoms with Gasteiger partial charge < -0.3 is 10.6 Å². The zero-order chi connectivity index (χ0) is 11.7. The maximum Gasteiger partial charge on any atom is 0.00769 e. The van der Waals surface area contributed by atoms with E-state index < -0.39 is 0 Å². The summed E-state index contributed by atoms with van der Waals surface area (Å²) >= 11 is 0. The maximum absolute atomic E-state index is 3.71. The van der Waals surface area contributed by atoms with Gasteiger partial charge in [0.05, 0.1) is 0 Å². The Hall–Kier alpha value is -0.0800. The van der Waals surface area contributed by atoms with Gasteiger partial charge in [-0.05, 0) is 68.2 Å². The third kappa shape index (κ3) is 2.53. The van der Waals surface area contributed by atoms with E-state index >= 15 is 0 Å². The van der Waals surface area contributed by atoms with Gasteiger partial charge in [-0.15, -0.1) is 0 Å². The second-order valence-electron chi connectivity index (χ2n) is 6.95. The van der Waals surface area contributed by atoms with Crippen molar-refractivity contribution in [3.8, 4) is 0 Å². The second kappa shape index (κ2) is 4.89. The van der Waals surface area contributed by atoms with Gasteiger partial charge in [-0.3, -0.25) is 0 Å². The van der Waals surface area contributed by atoms with Crippen molar-refractivity contribution >= 4 is 0 Å². The molecule has 0 aromatic heterocycles. The first-order chi connectivity index (χ1) is 8.30. The standard InChI is InChI=1S/C15H28N2/c1-2-16-3-4-17-11-15-8-12-5-13(9-15)7-14(6-12)10-15/h12-14,16-17H,2-11H2,1H3. The van der Waals surface area contributed by atoms with Crippen LogP contribution in [-0.2, 0) is 0 Å². The number of hydrogen-bond acceptors (Lipinski definition) is 2. The normalized spacial score (nSPS) is 43.2. The summed E-state index contributed by atoms with van der Waals surface area (Å²) in [6.45, 7) is 6.85. The molecule has 0 aromatic rings. The highest BCUT2D eigenvalue weighted by Crippen LogP contribution is 2.59. The highest BCUT2D eigenvalue weighted by molar-refractivity contribution is 5.02. The molecule has 0 spiro atoms. The maximum atomic E-state index is 3.71. The fourth-order valence-electron chi connectivity index (χ4n) is 5.21. The highest BCUT2D eigenvalue weighted by Gasteiger charge is 2.50. The van der Waals surface area contributed by atoms with Gasteiger partial charge in [0.15, 0.2) is 0 Å². The van der Waals surface area contributed by atoms with E-state index in [1.807, 2.05) is 0 Å². The quantitative estimate of drug-likeness (QED) is 0.692. The van der Waals surface area contributed by atoms with Crippen molar-refractivity contribution in [2.24, 2.45) is 23.2 Å². The summed E-state index contributed by atoms with van der Waals surface area (Å²) in [5.41, 5.74) is 0.709. The molecule has 17 heavy (non-hydrogen) atoms.